The second-order valence-electron chi connectivity index (χ2n) is 2.36. The molecule has 0 fully saturated rings. The first-order valence-electron chi connectivity index (χ1n) is 3.70. The van der Waals surface area contributed by atoms with Crippen LogP contribution < -0.4 is 4.74 Å². The second-order valence-corrected chi connectivity index (χ2v) is 2.36. The molecular formula is C9H8F2O2. The fourth-order valence-electron chi connectivity index (χ4n) is 0.973. The van der Waals surface area contributed by atoms with Gasteiger partial charge >= 0.3 is 6.61 Å². The lowest BCUT2D eigenvalue weighted by Crippen LogP contribution is -2.04. The van der Waals surface area contributed by atoms with Gasteiger partial charge in [-0.2, -0.15) is 8.78 Å². The van der Waals surface area contributed by atoms with Crippen LogP contribution in [0.1, 0.15) is 5.56 Å². The van der Waals surface area contributed by atoms with E-state index in [-0.39, 0.29) is 12.2 Å². The summed E-state index contributed by atoms with van der Waals surface area (Å²) in [5.41, 5.74) is 0.470. The van der Waals surface area contributed by atoms with Crippen LogP contribution in [-0.4, -0.2) is 12.9 Å². The molecule has 0 N–H and O–H groups in total. The fourth-order valence-corrected chi connectivity index (χ4v) is 0.973. The van der Waals surface area contributed by atoms with Crippen LogP contribution in [0.25, 0.3) is 0 Å². The Balaban J connectivity index is 2.83. The molecule has 0 amide bonds. The van der Waals surface area contributed by atoms with Crippen molar-refractivity contribution in [3.8, 4) is 5.75 Å². The molecule has 0 aliphatic rings. The van der Waals surface area contributed by atoms with Gasteiger partial charge in [-0.25, -0.2) is 0 Å². The highest BCUT2D eigenvalue weighted by Crippen LogP contribution is 2.19. The molecule has 0 saturated carbocycles. The third-order valence-corrected chi connectivity index (χ3v) is 1.49. The Morgan fingerprint density at radius 1 is 1.38 bits per heavy atom. The first-order valence-corrected chi connectivity index (χ1v) is 3.70. The summed E-state index contributed by atoms with van der Waals surface area (Å²) >= 11 is 0. The number of hydrogen-bond acceptors (Lipinski definition) is 2. The lowest BCUT2D eigenvalue weighted by molar-refractivity contribution is -0.107. The van der Waals surface area contributed by atoms with Crippen molar-refractivity contribution >= 4 is 6.29 Å². The third kappa shape index (κ3) is 2.82. The number of carbonyl (C=O) groups excluding carboxylic acids is 1. The van der Waals surface area contributed by atoms with Gasteiger partial charge in [-0.15, -0.1) is 0 Å². The lowest BCUT2D eigenvalue weighted by atomic mass is 10.1. The van der Waals surface area contributed by atoms with Crippen LogP contribution >= 0.6 is 0 Å². The summed E-state index contributed by atoms with van der Waals surface area (Å²) in [6.07, 6.45) is 0.733. The van der Waals surface area contributed by atoms with Gasteiger partial charge in [0, 0.05) is 12.0 Å². The Kier molecular flexibility index (Phi) is 3.37. The summed E-state index contributed by atoms with van der Waals surface area (Å²) in [6.45, 7) is -2.85. The summed E-state index contributed by atoms with van der Waals surface area (Å²) in [6, 6.07) is 6.22. The van der Waals surface area contributed by atoms with Crippen LogP contribution in [0.2, 0.25) is 0 Å². The Hall–Kier alpha value is -1.45. The van der Waals surface area contributed by atoms with E-state index in [4.69, 9.17) is 0 Å². The van der Waals surface area contributed by atoms with E-state index in [0.29, 0.717) is 11.8 Å². The zero-order chi connectivity index (χ0) is 9.68. The third-order valence-electron chi connectivity index (χ3n) is 1.49. The monoisotopic (exact) mass is 186 g/mol. The number of aldehydes is 1. The van der Waals surface area contributed by atoms with Gasteiger partial charge in [0.15, 0.2) is 0 Å². The molecule has 0 bridgehead atoms. The molecule has 2 nitrogen and oxygen atoms in total. The van der Waals surface area contributed by atoms with E-state index in [1.807, 2.05) is 0 Å². The van der Waals surface area contributed by atoms with Crippen molar-refractivity contribution in [2.75, 3.05) is 0 Å². The van der Waals surface area contributed by atoms with Crippen LogP contribution in [0.3, 0.4) is 0 Å². The molecule has 0 aliphatic heterocycles. The highest BCUT2D eigenvalue weighted by atomic mass is 19.3. The Morgan fingerprint density at radius 3 is 2.69 bits per heavy atom. The van der Waals surface area contributed by atoms with Gasteiger partial charge in [0.2, 0.25) is 0 Å². The summed E-state index contributed by atoms with van der Waals surface area (Å²) < 4.78 is 27.9. The maximum absolute atomic E-state index is 11.8. The van der Waals surface area contributed by atoms with Gasteiger partial charge in [0.05, 0.1) is 0 Å². The quantitative estimate of drug-likeness (QED) is 0.672. The van der Waals surface area contributed by atoms with Gasteiger partial charge in [-0.3, -0.25) is 0 Å². The van der Waals surface area contributed by atoms with E-state index >= 15 is 0 Å². The van der Waals surface area contributed by atoms with Gasteiger partial charge in [0.25, 0.3) is 0 Å². The number of rotatable bonds is 4. The minimum absolute atomic E-state index is 0.0598. The minimum atomic E-state index is -2.85. The number of para-hydroxylation sites is 1. The molecule has 1 rings (SSSR count). The summed E-state index contributed by atoms with van der Waals surface area (Å²) in [7, 11) is 0. The first kappa shape index (κ1) is 9.64. The van der Waals surface area contributed by atoms with Gasteiger partial charge < -0.3 is 9.53 Å². The number of benzene rings is 1. The molecule has 0 atom stereocenters. The van der Waals surface area contributed by atoms with Crippen LogP contribution in [0.5, 0.6) is 5.75 Å². The molecule has 0 aliphatic carbocycles. The lowest BCUT2D eigenvalue weighted by Gasteiger charge is -2.07. The van der Waals surface area contributed by atoms with Crippen LogP contribution in [0.4, 0.5) is 8.78 Å². The smallest absolute Gasteiger partial charge is 0.387 e. The van der Waals surface area contributed by atoms with E-state index < -0.39 is 6.61 Å². The fraction of sp³-hybridized carbons (Fsp3) is 0.222. The molecule has 1 aromatic rings. The van der Waals surface area contributed by atoms with Crippen molar-refractivity contribution in [2.24, 2.45) is 0 Å². The molecule has 13 heavy (non-hydrogen) atoms. The van der Waals surface area contributed by atoms with Crippen LogP contribution in [-0.2, 0) is 11.2 Å². The van der Waals surface area contributed by atoms with E-state index in [1.54, 1.807) is 18.2 Å². The van der Waals surface area contributed by atoms with Crippen molar-refractivity contribution < 1.29 is 18.3 Å². The molecular weight excluding hydrogens is 178 g/mol. The highest BCUT2D eigenvalue weighted by Gasteiger charge is 2.07. The van der Waals surface area contributed by atoms with Crippen molar-refractivity contribution in [3.05, 3.63) is 29.8 Å². The number of carbonyl (C=O) groups is 1. The predicted octanol–water partition coefficient (Wildman–Crippen LogP) is 2.03. The van der Waals surface area contributed by atoms with E-state index in [2.05, 4.69) is 4.74 Å². The van der Waals surface area contributed by atoms with Gasteiger partial charge in [-0.1, -0.05) is 18.2 Å². The maximum atomic E-state index is 11.8. The molecule has 4 heteroatoms. The predicted molar refractivity (Wildman–Crippen MR) is 42.8 cm³/mol. The average Bonchev–Trinajstić information content (AvgIpc) is 2.08. The zero-order valence-corrected chi connectivity index (χ0v) is 6.74. The van der Waals surface area contributed by atoms with E-state index in [0.717, 1.165) is 0 Å². The minimum Gasteiger partial charge on any atom is -0.435 e. The zero-order valence-electron chi connectivity index (χ0n) is 6.74. The molecule has 0 aromatic heterocycles. The van der Waals surface area contributed by atoms with Crippen molar-refractivity contribution in [1.29, 1.82) is 0 Å². The second kappa shape index (κ2) is 4.54. The molecule has 0 unspecified atom stereocenters. The average molecular weight is 186 g/mol. The largest absolute Gasteiger partial charge is 0.435 e. The molecule has 0 radical (unpaired) electrons. The van der Waals surface area contributed by atoms with E-state index in [9.17, 15) is 13.6 Å². The SMILES string of the molecule is O=CCc1ccccc1OC(F)F. The van der Waals surface area contributed by atoms with Crippen LogP contribution in [0.15, 0.2) is 24.3 Å². The number of hydrogen-bond donors (Lipinski definition) is 0. The normalized spacial score (nSPS) is 10.1. The summed E-state index contributed by atoms with van der Waals surface area (Å²) in [5.74, 6) is 0.0598. The Morgan fingerprint density at radius 2 is 2.08 bits per heavy atom. The molecule has 0 saturated heterocycles. The molecule has 70 valence electrons. The summed E-state index contributed by atoms with van der Waals surface area (Å²) in [5, 5.41) is 0. The summed E-state index contributed by atoms with van der Waals surface area (Å²) in [4.78, 5) is 10.2. The number of ether oxygens (including phenoxy) is 1. The van der Waals surface area contributed by atoms with Crippen LogP contribution in [0, 0.1) is 0 Å². The molecule has 1 aromatic carbocycles. The molecule has 0 heterocycles. The standard InChI is InChI=1S/C9H8F2O2/c10-9(11)13-8-4-2-1-3-7(8)5-6-12/h1-4,6,9H,5H2. The van der Waals surface area contributed by atoms with Gasteiger partial charge in [-0.05, 0) is 6.07 Å². The first-order chi connectivity index (χ1) is 6.24. The van der Waals surface area contributed by atoms with E-state index in [1.165, 1.54) is 6.07 Å². The Bertz CT molecular complexity index is 287. The maximum Gasteiger partial charge on any atom is 0.387 e. The number of halogens is 2. The molecule has 0 spiro atoms. The highest BCUT2D eigenvalue weighted by molar-refractivity contribution is 5.57. The van der Waals surface area contributed by atoms with Crippen molar-refractivity contribution in [1.82, 2.24) is 0 Å². The Labute approximate surface area is 74.1 Å². The topological polar surface area (TPSA) is 26.3 Å². The number of alkyl halides is 2. The van der Waals surface area contributed by atoms with Crippen molar-refractivity contribution in [3.63, 3.8) is 0 Å². The van der Waals surface area contributed by atoms with Gasteiger partial charge in [0.1, 0.15) is 12.0 Å². The van der Waals surface area contributed by atoms with Crippen molar-refractivity contribution in [2.45, 2.75) is 13.0 Å².